The van der Waals surface area contributed by atoms with Gasteiger partial charge in [0.1, 0.15) is 5.75 Å². The Morgan fingerprint density at radius 3 is 2.52 bits per heavy atom. The van der Waals surface area contributed by atoms with Crippen molar-refractivity contribution in [3.63, 3.8) is 0 Å². The standard InChI is InChI=1S/C15H14N2O4/c18-13-9-16-7-6-11(13)15(21)17-12(8-14(19)20)10-4-2-1-3-5-10/h1-7,9,12,18H,8H2,(H,17,21)(H,19,20). The second-order valence-electron chi connectivity index (χ2n) is 4.43. The van der Waals surface area contributed by atoms with E-state index in [0.717, 1.165) is 6.20 Å². The van der Waals surface area contributed by atoms with E-state index in [9.17, 15) is 14.7 Å². The highest BCUT2D eigenvalue weighted by Gasteiger charge is 2.20. The van der Waals surface area contributed by atoms with Crippen LogP contribution < -0.4 is 5.32 Å². The fraction of sp³-hybridized carbons (Fsp3) is 0.133. The molecule has 1 amide bonds. The lowest BCUT2D eigenvalue weighted by Gasteiger charge is -2.17. The van der Waals surface area contributed by atoms with Gasteiger partial charge in [-0.2, -0.15) is 0 Å². The molecule has 0 saturated heterocycles. The number of benzene rings is 1. The van der Waals surface area contributed by atoms with Gasteiger partial charge in [0, 0.05) is 6.20 Å². The van der Waals surface area contributed by atoms with E-state index in [1.807, 2.05) is 0 Å². The number of rotatable bonds is 5. The van der Waals surface area contributed by atoms with Gasteiger partial charge in [0.15, 0.2) is 0 Å². The van der Waals surface area contributed by atoms with Crippen LogP contribution in [0.1, 0.15) is 28.4 Å². The third-order valence-electron chi connectivity index (χ3n) is 2.93. The maximum atomic E-state index is 12.1. The van der Waals surface area contributed by atoms with Gasteiger partial charge in [0.25, 0.3) is 5.91 Å². The van der Waals surface area contributed by atoms with E-state index < -0.39 is 17.9 Å². The Morgan fingerprint density at radius 1 is 1.19 bits per heavy atom. The molecule has 1 atom stereocenters. The highest BCUT2D eigenvalue weighted by atomic mass is 16.4. The number of carbonyl (C=O) groups is 2. The zero-order valence-corrected chi connectivity index (χ0v) is 11.1. The Labute approximate surface area is 121 Å². The molecule has 0 bridgehead atoms. The normalized spacial score (nSPS) is 11.6. The molecule has 1 heterocycles. The van der Waals surface area contributed by atoms with Crippen molar-refractivity contribution in [1.29, 1.82) is 0 Å². The van der Waals surface area contributed by atoms with Gasteiger partial charge in [0.05, 0.1) is 24.2 Å². The van der Waals surface area contributed by atoms with Crippen molar-refractivity contribution in [2.24, 2.45) is 0 Å². The molecule has 108 valence electrons. The van der Waals surface area contributed by atoms with Crippen LogP contribution in [0.2, 0.25) is 0 Å². The molecule has 6 heteroatoms. The first-order valence-electron chi connectivity index (χ1n) is 6.28. The number of pyridine rings is 1. The molecule has 1 aromatic carbocycles. The van der Waals surface area contributed by atoms with Gasteiger partial charge < -0.3 is 15.5 Å². The molecule has 0 radical (unpaired) electrons. The molecule has 1 aromatic heterocycles. The Hall–Kier alpha value is -2.89. The predicted octanol–water partition coefficient (Wildman–Crippen LogP) is 1.73. The topological polar surface area (TPSA) is 99.5 Å². The quantitative estimate of drug-likeness (QED) is 0.777. The SMILES string of the molecule is O=C(O)CC(NC(=O)c1ccncc1O)c1ccccc1. The summed E-state index contributed by atoms with van der Waals surface area (Å²) >= 11 is 0. The Morgan fingerprint density at radius 2 is 1.90 bits per heavy atom. The third kappa shape index (κ3) is 3.79. The largest absolute Gasteiger partial charge is 0.505 e. The van der Waals surface area contributed by atoms with Crippen LogP contribution in [0.25, 0.3) is 0 Å². The summed E-state index contributed by atoms with van der Waals surface area (Å²) in [5, 5.41) is 21.2. The van der Waals surface area contributed by atoms with Crippen molar-refractivity contribution in [1.82, 2.24) is 10.3 Å². The highest BCUT2D eigenvalue weighted by Crippen LogP contribution is 2.19. The zero-order chi connectivity index (χ0) is 15.2. The average Bonchev–Trinajstić information content (AvgIpc) is 2.47. The van der Waals surface area contributed by atoms with E-state index in [-0.39, 0.29) is 17.7 Å². The van der Waals surface area contributed by atoms with Crippen LogP contribution in [-0.4, -0.2) is 27.1 Å². The number of nitrogens with zero attached hydrogens (tertiary/aromatic N) is 1. The molecule has 3 N–H and O–H groups in total. The monoisotopic (exact) mass is 286 g/mol. The van der Waals surface area contributed by atoms with Crippen LogP contribution in [-0.2, 0) is 4.79 Å². The van der Waals surface area contributed by atoms with E-state index in [1.54, 1.807) is 30.3 Å². The summed E-state index contributed by atoms with van der Waals surface area (Å²) in [6, 6.07) is 9.50. The Bertz CT molecular complexity index is 643. The maximum absolute atomic E-state index is 12.1. The first-order chi connectivity index (χ1) is 10.1. The second kappa shape index (κ2) is 6.51. The van der Waals surface area contributed by atoms with Crippen LogP contribution in [0.4, 0.5) is 0 Å². The van der Waals surface area contributed by atoms with Gasteiger partial charge in [-0.15, -0.1) is 0 Å². The van der Waals surface area contributed by atoms with Gasteiger partial charge in [-0.1, -0.05) is 30.3 Å². The summed E-state index contributed by atoms with van der Waals surface area (Å²) in [7, 11) is 0. The molecule has 2 aromatic rings. The van der Waals surface area contributed by atoms with Crippen molar-refractivity contribution >= 4 is 11.9 Å². The number of aliphatic carboxylic acids is 1. The minimum Gasteiger partial charge on any atom is -0.505 e. The van der Waals surface area contributed by atoms with Crippen LogP contribution in [0.3, 0.4) is 0 Å². The van der Waals surface area contributed by atoms with Crippen molar-refractivity contribution in [3.05, 3.63) is 59.9 Å². The molecule has 0 fully saturated rings. The average molecular weight is 286 g/mol. The molecule has 0 aliphatic carbocycles. The fourth-order valence-corrected chi connectivity index (χ4v) is 1.93. The summed E-state index contributed by atoms with van der Waals surface area (Å²) in [6.45, 7) is 0. The molecule has 0 aliphatic rings. The number of hydrogen-bond donors (Lipinski definition) is 3. The van der Waals surface area contributed by atoms with Crippen molar-refractivity contribution in [2.45, 2.75) is 12.5 Å². The lowest BCUT2D eigenvalue weighted by Crippen LogP contribution is -2.30. The first-order valence-corrected chi connectivity index (χ1v) is 6.28. The molecule has 0 spiro atoms. The summed E-state index contributed by atoms with van der Waals surface area (Å²) in [6.07, 6.45) is 2.29. The summed E-state index contributed by atoms with van der Waals surface area (Å²) in [5.74, 6) is -1.83. The van der Waals surface area contributed by atoms with Gasteiger partial charge in [-0.25, -0.2) is 0 Å². The van der Waals surface area contributed by atoms with Gasteiger partial charge >= 0.3 is 5.97 Å². The molecule has 0 saturated carbocycles. The third-order valence-corrected chi connectivity index (χ3v) is 2.93. The number of aromatic hydroxyl groups is 1. The molecule has 2 rings (SSSR count). The Kier molecular flexibility index (Phi) is 4.50. The van der Waals surface area contributed by atoms with Crippen LogP contribution in [0.15, 0.2) is 48.8 Å². The minimum absolute atomic E-state index is 0.0521. The van der Waals surface area contributed by atoms with Crippen molar-refractivity contribution in [2.75, 3.05) is 0 Å². The minimum atomic E-state index is -1.02. The van der Waals surface area contributed by atoms with Crippen LogP contribution in [0.5, 0.6) is 5.75 Å². The van der Waals surface area contributed by atoms with Crippen LogP contribution >= 0.6 is 0 Å². The van der Waals surface area contributed by atoms with Gasteiger partial charge in [-0.3, -0.25) is 14.6 Å². The number of hydrogen-bond acceptors (Lipinski definition) is 4. The fourth-order valence-electron chi connectivity index (χ4n) is 1.93. The molecule has 1 unspecified atom stereocenters. The summed E-state index contributed by atoms with van der Waals surface area (Å²) < 4.78 is 0. The second-order valence-corrected chi connectivity index (χ2v) is 4.43. The van der Waals surface area contributed by atoms with E-state index in [0.29, 0.717) is 5.56 Å². The van der Waals surface area contributed by atoms with E-state index in [2.05, 4.69) is 10.3 Å². The molecule has 0 aliphatic heterocycles. The molecular weight excluding hydrogens is 272 g/mol. The number of amides is 1. The van der Waals surface area contributed by atoms with Gasteiger partial charge in [0.2, 0.25) is 0 Å². The number of nitrogens with one attached hydrogen (secondary N) is 1. The summed E-state index contributed by atoms with van der Waals surface area (Å²) in [4.78, 5) is 26.8. The zero-order valence-electron chi connectivity index (χ0n) is 11.1. The predicted molar refractivity (Wildman–Crippen MR) is 74.8 cm³/mol. The number of carboxylic acid groups (broad SMARTS) is 1. The van der Waals surface area contributed by atoms with Crippen molar-refractivity contribution in [3.8, 4) is 5.75 Å². The smallest absolute Gasteiger partial charge is 0.305 e. The number of carbonyl (C=O) groups excluding carboxylic acids is 1. The van der Waals surface area contributed by atoms with Gasteiger partial charge in [-0.05, 0) is 11.6 Å². The maximum Gasteiger partial charge on any atom is 0.305 e. The lowest BCUT2D eigenvalue weighted by atomic mass is 10.0. The molecule has 21 heavy (non-hydrogen) atoms. The number of carboxylic acids is 1. The van der Waals surface area contributed by atoms with E-state index in [4.69, 9.17) is 5.11 Å². The lowest BCUT2D eigenvalue weighted by molar-refractivity contribution is -0.137. The van der Waals surface area contributed by atoms with E-state index >= 15 is 0 Å². The van der Waals surface area contributed by atoms with E-state index in [1.165, 1.54) is 12.3 Å². The van der Waals surface area contributed by atoms with Crippen molar-refractivity contribution < 1.29 is 19.8 Å². The molecular formula is C15H14N2O4. The first kappa shape index (κ1) is 14.5. The molecule has 6 nitrogen and oxygen atoms in total. The van der Waals surface area contributed by atoms with Crippen LogP contribution in [0, 0.1) is 0 Å². The Balaban J connectivity index is 2.21. The highest BCUT2D eigenvalue weighted by molar-refractivity contribution is 5.97. The summed E-state index contributed by atoms with van der Waals surface area (Å²) in [5.41, 5.74) is 0.734. The number of aromatic nitrogens is 1.